The number of aliphatic carboxylic acids is 1. The van der Waals surface area contributed by atoms with Gasteiger partial charge in [-0.1, -0.05) is 39.5 Å². The summed E-state index contributed by atoms with van der Waals surface area (Å²) >= 11 is 0. The van der Waals surface area contributed by atoms with Gasteiger partial charge in [0.2, 0.25) is 11.8 Å². The largest absolute Gasteiger partial charge is 0.480 e. The van der Waals surface area contributed by atoms with E-state index in [1.54, 1.807) is 0 Å². The zero-order valence-corrected chi connectivity index (χ0v) is 12.9. The summed E-state index contributed by atoms with van der Waals surface area (Å²) in [7, 11) is 0. The van der Waals surface area contributed by atoms with E-state index >= 15 is 0 Å². The molecule has 0 saturated carbocycles. The molecular weight excluding hydrogens is 274 g/mol. The second kappa shape index (κ2) is 11.1. The predicted molar refractivity (Wildman–Crippen MR) is 79.6 cm³/mol. The predicted octanol–water partition coefficient (Wildman–Crippen LogP) is 0.380. The Balaban J connectivity index is 4.48. The van der Waals surface area contributed by atoms with Crippen molar-refractivity contribution in [2.75, 3.05) is 6.54 Å². The van der Waals surface area contributed by atoms with Gasteiger partial charge in [-0.2, -0.15) is 0 Å². The van der Waals surface area contributed by atoms with Crippen molar-refractivity contribution in [1.82, 2.24) is 10.6 Å². The number of carbonyl (C=O) groups excluding carboxylic acids is 2. The summed E-state index contributed by atoms with van der Waals surface area (Å²) in [4.78, 5) is 34.3. The van der Waals surface area contributed by atoms with Crippen LogP contribution in [0.2, 0.25) is 0 Å². The Morgan fingerprint density at radius 2 is 1.62 bits per heavy atom. The maximum absolute atomic E-state index is 11.9. The molecule has 0 saturated heterocycles. The van der Waals surface area contributed by atoms with Crippen LogP contribution in [0.3, 0.4) is 0 Å². The normalized spacial score (nSPS) is 13.3. The zero-order valence-electron chi connectivity index (χ0n) is 12.9. The van der Waals surface area contributed by atoms with E-state index in [1.807, 2.05) is 13.8 Å². The van der Waals surface area contributed by atoms with Crippen LogP contribution in [0.5, 0.6) is 0 Å². The van der Waals surface area contributed by atoms with Gasteiger partial charge < -0.3 is 21.5 Å². The maximum atomic E-state index is 11.9. The number of carboxylic acids is 1. The van der Waals surface area contributed by atoms with Crippen LogP contribution in [0.1, 0.15) is 52.4 Å². The Bertz CT molecular complexity index is 347. The molecule has 0 aromatic carbocycles. The van der Waals surface area contributed by atoms with Crippen LogP contribution >= 0.6 is 0 Å². The first kappa shape index (κ1) is 19.4. The molecule has 0 spiro atoms. The van der Waals surface area contributed by atoms with E-state index < -0.39 is 30.5 Å². The molecule has 0 fully saturated rings. The van der Waals surface area contributed by atoms with Gasteiger partial charge in [-0.25, -0.2) is 0 Å². The molecular formula is C14H27N3O4. The van der Waals surface area contributed by atoms with Crippen LogP contribution in [0, 0.1) is 0 Å². The first-order chi connectivity index (χ1) is 9.92. The SMILES string of the molecule is CCCC[C@H](NC(=O)[C@@H](N)CCCC)C(=O)NCC(=O)O. The summed E-state index contributed by atoms with van der Waals surface area (Å²) in [5.41, 5.74) is 5.76. The molecule has 122 valence electrons. The lowest BCUT2D eigenvalue weighted by molar-refractivity contribution is -0.138. The number of nitrogens with two attached hydrogens (primary N) is 1. The van der Waals surface area contributed by atoms with Gasteiger partial charge in [0.25, 0.3) is 0 Å². The molecule has 7 nitrogen and oxygen atoms in total. The molecule has 2 amide bonds. The molecule has 21 heavy (non-hydrogen) atoms. The van der Waals surface area contributed by atoms with Crippen LogP contribution in [0.4, 0.5) is 0 Å². The molecule has 0 rings (SSSR count). The molecule has 0 aliphatic rings. The fourth-order valence-corrected chi connectivity index (χ4v) is 1.80. The number of rotatable bonds is 11. The average molecular weight is 301 g/mol. The third kappa shape index (κ3) is 9.01. The van der Waals surface area contributed by atoms with Crippen LogP contribution in [0.25, 0.3) is 0 Å². The van der Waals surface area contributed by atoms with E-state index in [0.717, 1.165) is 25.7 Å². The summed E-state index contributed by atoms with van der Waals surface area (Å²) in [5, 5.41) is 13.5. The van der Waals surface area contributed by atoms with Crippen molar-refractivity contribution in [2.24, 2.45) is 5.73 Å². The van der Waals surface area contributed by atoms with E-state index in [9.17, 15) is 14.4 Å². The van der Waals surface area contributed by atoms with Gasteiger partial charge in [0, 0.05) is 0 Å². The standard InChI is InChI=1S/C14H27N3O4/c1-3-5-7-10(15)13(20)17-11(8-6-4-2)14(21)16-9-12(18)19/h10-11H,3-9,15H2,1-2H3,(H,16,21)(H,17,20)(H,18,19)/t10-,11-/m0/s1. The summed E-state index contributed by atoms with van der Waals surface area (Å²) in [6.45, 7) is 3.52. The zero-order chi connectivity index (χ0) is 16.3. The second-order valence-corrected chi connectivity index (χ2v) is 5.06. The van der Waals surface area contributed by atoms with Gasteiger partial charge in [-0.15, -0.1) is 0 Å². The Morgan fingerprint density at radius 3 is 2.14 bits per heavy atom. The molecule has 2 atom stereocenters. The van der Waals surface area contributed by atoms with Crippen molar-refractivity contribution in [3.05, 3.63) is 0 Å². The smallest absolute Gasteiger partial charge is 0.322 e. The van der Waals surface area contributed by atoms with Crippen LogP contribution < -0.4 is 16.4 Å². The molecule has 0 unspecified atom stereocenters. The Labute approximate surface area is 125 Å². The molecule has 5 N–H and O–H groups in total. The fraction of sp³-hybridized carbons (Fsp3) is 0.786. The topological polar surface area (TPSA) is 122 Å². The van der Waals surface area contributed by atoms with Gasteiger partial charge in [0.15, 0.2) is 0 Å². The summed E-state index contributed by atoms with van der Waals surface area (Å²) < 4.78 is 0. The van der Waals surface area contributed by atoms with Gasteiger partial charge in [0.05, 0.1) is 6.04 Å². The third-order valence-electron chi connectivity index (χ3n) is 3.10. The minimum absolute atomic E-state index is 0.366. The van der Waals surface area contributed by atoms with Crippen LogP contribution in [-0.2, 0) is 14.4 Å². The highest BCUT2D eigenvalue weighted by Gasteiger charge is 2.23. The Morgan fingerprint density at radius 1 is 1.05 bits per heavy atom. The molecule has 0 aliphatic heterocycles. The first-order valence-corrected chi connectivity index (χ1v) is 7.47. The number of unbranched alkanes of at least 4 members (excludes halogenated alkanes) is 2. The number of nitrogens with one attached hydrogen (secondary N) is 2. The average Bonchev–Trinajstić information content (AvgIpc) is 2.45. The van der Waals surface area contributed by atoms with Crippen molar-refractivity contribution >= 4 is 17.8 Å². The highest BCUT2D eigenvalue weighted by molar-refractivity contribution is 5.90. The van der Waals surface area contributed by atoms with E-state index in [2.05, 4.69) is 10.6 Å². The van der Waals surface area contributed by atoms with E-state index in [1.165, 1.54) is 0 Å². The molecule has 0 aromatic heterocycles. The van der Waals surface area contributed by atoms with E-state index in [-0.39, 0.29) is 5.91 Å². The lowest BCUT2D eigenvalue weighted by atomic mass is 10.1. The van der Waals surface area contributed by atoms with Crippen molar-refractivity contribution in [2.45, 2.75) is 64.5 Å². The molecule has 7 heteroatoms. The minimum atomic E-state index is -1.12. The van der Waals surface area contributed by atoms with Gasteiger partial charge in [0.1, 0.15) is 12.6 Å². The third-order valence-corrected chi connectivity index (χ3v) is 3.10. The quantitative estimate of drug-likeness (QED) is 0.439. The maximum Gasteiger partial charge on any atom is 0.322 e. The monoisotopic (exact) mass is 301 g/mol. The van der Waals surface area contributed by atoms with Crippen molar-refractivity contribution in [1.29, 1.82) is 0 Å². The number of carboxylic acid groups (broad SMARTS) is 1. The molecule has 0 radical (unpaired) electrons. The van der Waals surface area contributed by atoms with Gasteiger partial charge >= 0.3 is 5.97 Å². The summed E-state index contributed by atoms with van der Waals surface area (Å²) in [6, 6.07) is -1.37. The highest BCUT2D eigenvalue weighted by atomic mass is 16.4. The number of amides is 2. The molecule has 0 bridgehead atoms. The molecule has 0 aromatic rings. The van der Waals surface area contributed by atoms with Crippen LogP contribution in [-0.4, -0.2) is 41.5 Å². The number of carbonyl (C=O) groups is 3. The Hall–Kier alpha value is -1.63. The Kier molecular flexibility index (Phi) is 10.2. The number of hydrogen-bond donors (Lipinski definition) is 4. The lowest BCUT2D eigenvalue weighted by Gasteiger charge is -2.20. The van der Waals surface area contributed by atoms with Gasteiger partial charge in [-0.05, 0) is 12.8 Å². The molecule has 0 aliphatic carbocycles. The minimum Gasteiger partial charge on any atom is -0.480 e. The number of hydrogen-bond acceptors (Lipinski definition) is 4. The molecule has 0 heterocycles. The second-order valence-electron chi connectivity index (χ2n) is 5.06. The lowest BCUT2D eigenvalue weighted by Crippen LogP contribution is -2.52. The van der Waals surface area contributed by atoms with Crippen molar-refractivity contribution in [3.8, 4) is 0 Å². The summed E-state index contributed by atoms with van der Waals surface area (Å²) in [5.74, 6) is -1.97. The van der Waals surface area contributed by atoms with Gasteiger partial charge in [-0.3, -0.25) is 14.4 Å². The fourth-order valence-electron chi connectivity index (χ4n) is 1.80. The highest BCUT2D eigenvalue weighted by Crippen LogP contribution is 2.03. The van der Waals surface area contributed by atoms with Crippen molar-refractivity contribution < 1.29 is 19.5 Å². The van der Waals surface area contributed by atoms with Crippen LogP contribution in [0.15, 0.2) is 0 Å². The van der Waals surface area contributed by atoms with Crippen molar-refractivity contribution in [3.63, 3.8) is 0 Å². The van der Waals surface area contributed by atoms with E-state index in [0.29, 0.717) is 12.8 Å². The van der Waals surface area contributed by atoms with E-state index in [4.69, 9.17) is 10.8 Å². The summed E-state index contributed by atoms with van der Waals surface area (Å²) in [6.07, 6.45) is 4.46. The first-order valence-electron chi connectivity index (χ1n) is 7.47.